The van der Waals surface area contributed by atoms with Crippen LogP contribution in [0.1, 0.15) is 6.42 Å². The van der Waals surface area contributed by atoms with Gasteiger partial charge in [-0.3, -0.25) is 0 Å². The molecule has 2 bridgehead atoms. The Morgan fingerprint density at radius 1 is 1.14 bits per heavy atom. The molecule has 2 atom stereocenters. The molecule has 0 aromatic rings. The molecule has 0 unspecified atom stereocenters. The van der Waals surface area contributed by atoms with Crippen molar-refractivity contribution in [3.63, 3.8) is 0 Å². The van der Waals surface area contributed by atoms with Crippen LogP contribution in [0.25, 0.3) is 0 Å². The first-order valence-electron chi connectivity index (χ1n) is 2.45. The fraction of sp³-hybridized carbons (Fsp3) is 0.600. The molecule has 0 nitrogen and oxygen atoms in total. The Bertz CT molecular complexity index is 96.6. The molecule has 0 spiro atoms. The molecule has 0 aromatic heterocycles. The Hall–Kier alpha value is 0.440. The molecule has 1 aliphatic carbocycles. The molecule has 7 heavy (non-hydrogen) atoms. The first-order chi connectivity index (χ1) is 3.45. The molecule has 1 heterocycles. The highest BCUT2D eigenvalue weighted by Crippen LogP contribution is 2.48. The van der Waals surface area contributed by atoms with E-state index in [2.05, 4.69) is 12.2 Å². The lowest BCUT2D eigenvalue weighted by Gasteiger charge is -1.96. The maximum atomic E-state index is 2.33. The van der Waals surface area contributed by atoms with Gasteiger partial charge in [0.1, 0.15) is 0 Å². The van der Waals surface area contributed by atoms with Gasteiger partial charge in [0.25, 0.3) is 0 Å². The number of rotatable bonds is 0. The maximum absolute atomic E-state index is 2.33. The molecule has 0 saturated carbocycles. The van der Waals surface area contributed by atoms with Gasteiger partial charge in [0.2, 0.25) is 0 Å². The summed E-state index contributed by atoms with van der Waals surface area (Å²) in [5.41, 5.74) is 0. The molecular weight excluding hydrogens is 124 g/mol. The first kappa shape index (κ1) is 4.33. The largest absolute Gasteiger partial charge is 0.0859 e. The van der Waals surface area contributed by atoms with Gasteiger partial charge < -0.3 is 0 Å². The zero-order chi connectivity index (χ0) is 4.69. The summed E-state index contributed by atoms with van der Waals surface area (Å²) < 4.78 is 0. The lowest BCUT2D eigenvalue weighted by atomic mass is 10.3. The van der Waals surface area contributed by atoms with Crippen LogP contribution in [0.2, 0.25) is 0 Å². The van der Waals surface area contributed by atoms with Gasteiger partial charge >= 0.3 is 0 Å². The van der Waals surface area contributed by atoms with Gasteiger partial charge in [0.15, 0.2) is 0 Å². The Morgan fingerprint density at radius 3 is 1.86 bits per heavy atom. The van der Waals surface area contributed by atoms with Crippen LogP contribution in [0, 0.1) is 0 Å². The molecule has 2 rings (SSSR count). The van der Waals surface area contributed by atoms with Crippen molar-refractivity contribution in [2.24, 2.45) is 0 Å². The fourth-order valence-electron chi connectivity index (χ4n) is 0.919. The quantitative estimate of drug-likeness (QED) is 0.364. The molecule has 0 N–H and O–H groups in total. The van der Waals surface area contributed by atoms with Crippen molar-refractivity contribution in [1.29, 1.82) is 0 Å². The highest BCUT2D eigenvalue weighted by atomic mass is 33.1. The van der Waals surface area contributed by atoms with Crippen LogP contribution in [-0.2, 0) is 0 Å². The van der Waals surface area contributed by atoms with Gasteiger partial charge in [-0.15, -0.1) is 0 Å². The number of hydrogen-bond donors (Lipinski definition) is 0. The van der Waals surface area contributed by atoms with Crippen molar-refractivity contribution in [3.05, 3.63) is 12.2 Å². The molecular formula is C5H6S2. The van der Waals surface area contributed by atoms with E-state index < -0.39 is 0 Å². The highest BCUT2D eigenvalue weighted by Gasteiger charge is 2.27. The lowest BCUT2D eigenvalue weighted by molar-refractivity contribution is 0.980. The molecule has 0 aromatic carbocycles. The van der Waals surface area contributed by atoms with Crippen LogP contribution < -0.4 is 0 Å². The van der Waals surface area contributed by atoms with Gasteiger partial charge in [0.05, 0.1) is 0 Å². The van der Waals surface area contributed by atoms with Crippen LogP contribution in [0.4, 0.5) is 0 Å². The Balaban J connectivity index is 2.27. The monoisotopic (exact) mass is 130 g/mol. The van der Waals surface area contributed by atoms with Crippen molar-refractivity contribution >= 4 is 21.6 Å². The summed E-state index contributed by atoms with van der Waals surface area (Å²) in [7, 11) is 4.04. The molecule has 2 heteroatoms. The first-order valence-corrected chi connectivity index (χ1v) is 4.73. The summed E-state index contributed by atoms with van der Waals surface area (Å²) in [5, 5.41) is 1.74. The van der Waals surface area contributed by atoms with Crippen molar-refractivity contribution < 1.29 is 0 Å². The minimum absolute atomic E-state index is 0.870. The third-order valence-electron chi connectivity index (χ3n) is 1.31. The summed E-state index contributed by atoms with van der Waals surface area (Å²) in [4.78, 5) is 0. The van der Waals surface area contributed by atoms with Gasteiger partial charge in [-0.1, -0.05) is 33.7 Å². The highest BCUT2D eigenvalue weighted by molar-refractivity contribution is 8.77. The third kappa shape index (κ3) is 0.609. The normalized spacial score (nSPS) is 45.7. The van der Waals surface area contributed by atoms with Crippen molar-refractivity contribution in [2.45, 2.75) is 16.9 Å². The fourth-order valence-corrected chi connectivity index (χ4v) is 3.92. The SMILES string of the molecule is C1=C[C@H]2C[C@@H]1SS2. The Labute approximate surface area is 51.1 Å². The van der Waals surface area contributed by atoms with Crippen LogP contribution in [0.5, 0.6) is 0 Å². The van der Waals surface area contributed by atoms with Crippen molar-refractivity contribution in [3.8, 4) is 0 Å². The minimum atomic E-state index is 0.870. The second-order valence-electron chi connectivity index (χ2n) is 1.89. The van der Waals surface area contributed by atoms with Gasteiger partial charge in [-0.05, 0) is 6.42 Å². The van der Waals surface area contributed by atoms with E-state index in [4.69, 9.17) is 0 Å². The molecule has 1 fully saturated rings. The van der Waals surface area contributed by atoms with E-state index in [1.54, 1.807) is 0 Å². The number of fused-ring (bicyclic) bond motifs is 2. The number of hydrogen-bond acceptors (Lipinski definition) is 2. The van der Waals surface area contributed by atoms with E-state index in [1.165, 1.54) is 6.42 Å². The minimum Gasteiger partial charge on any atom is -0.0859 e. The molecule has 0 amide bonds. The molecule has 38 valence electrons. The maximum Gasteiger partial charge on any atom is 0.0345 e. The molecule has 0 radical (unpaired) electrons. The third-order valence-corrected chi connectivity index (χ3v) is 4.43. The summed E-state index contributed by atoms with van der Waals surface area (Å²) in [6.07, 6.45) is 6.05. The van der Waals surface area contributed by atoms with Gasteiger partial charge in [-0.25, -0.2) is 0 Å². The van der Waals surface area contributed by atoms with Crippen LogP contribution in [0.15, 0.2) is 12.2 Å². The van der Waals surface area contributed by atoms with E-state index in [0.29, 0.717) is 0 Å². The summed E-state index contributed by atoms with van der Waals surface area (Å²) >= 11 is 0. The topological polar surface area (TPSA) is 0 Å². The van der Waals surface area contributed by atoms with Crippen molar-refractivity contribution in [2.75, 3.05) is 0 Å². The molecule has 1 aliphatic heterocycles. The Morgan fingerprint density at radius 2 is 1.71 bits per heavy atom. The average molecular weight is 130 g/mol. The van der Waals surface area contributed by atoms with Gasteiger partial charge in [-0.2, -0.15) is 0 Å². The van der Waals surface area contributed by atoms with Crippen LogP contribution in [0.3, 0.4) is 0 Å². The summed E-state index contributed by atoms with van der Waals surface area (Å²) in [5.74, 6) is 0. The Kier molecular flexibility index (Phi) is 0.901. The zero-order valence-corrected chi connectivity index (χ0v) is 5.47. The lowest BCUT2D eigenvalue weighted by Crippen LogP contribution is -1.86. The van der Waals surface area contributed by atoms with E-state index in [9.17, 15) is 0 Å². The molecule has 2 aliphatic rings. The standard InChI is InChI=1S/C5H6S2/c1-2-5-3-4(1)6-7-5/h1-2,4-5H,3H2/t4-,5+. The smallest absolute Gasteiger partial charge is 0.0345 e. The summed E-state index contributed by atoms with van der Waals surface area (Å²) in [6, 6.07) is 0. The van der Waals surface area contributed by atoms with E-state index in [0.717, 1.165) is 10.5 Å². The van der Waals surface area contributed by atoms with E-state index in [-0.39, 0.29) is 0 Å². The van der Waals surface area contributed by atoms with E-state index in [1.807, 2.05) is 21.6 Å². The second-order valence-corrected chi connectivity index (χ2v) is 4.64. The molecule has 1 saturated heterocycles. The summed E-state index contributed by atoms with van der Waals surface area (Å²) in [6.45, 7) is 0. The van der Waals surface area contributed by atoms with Crippen molar-refractivity contribution in [1.82, 2.24) is 0 Å². The predicted octanol–water partition coefficient (Wildman–Crippen LogP) is 2.08. The second kappa shape index (κ2) is 1.46. The van der Waals surface area contributed by atoms with Gasteiger partial charge in [0, 0.05) is 10.5 Å². The van der Waals surface area contributed by atoms with E-state index >= 15 is 0 Å². The average Bonchev–Trinajstić information content (AvgIpc) is 2.22. The van der Waals surface area contributed by atoms with Crippen LogP contribution in [-0.4, -0.2) is 10.5 Å². The predicted molar refractivity (Wildman–Crippen MR) is 36.5 cm³/mol. The zero-order valence-electron chi connectivity index (χ0n) is 3.83. The van der Waals surface area contributed by atoms with Crippen LogP contribution >= 0.6 is 21.6 Å².